The molecule has 2 heterocycles. The van der Waals surface area contributed by atoms with Crippen LogP contribution in [0.4, 0.5) is 5.82 Å². The molecule has 3 aromatic rings. The molecule has 2 aliphatic carbocycles. The van der Waals surface area contributed by atoms with Crippen molar-refractivity contribution in [1.29, 1.82) is 0 Å². The highest BCUT2D eigenvalue weighted by Crippen LogP contribution is 2.56. The first-order valence-corrected chi connectivity index (χ1v) is 14.2. The van der Waals surface area contributed by atoms with E-state index in [1.54, 1.807) is 0 Å². The van der Waals surface area contributed by atoms with Gasteiger partial charge in [0.05, 0.1) is 10.9 Å². The zero-order valence-electron chi connectivity index (χ0n) is 22.2. The third-order valence-electron chi connectivity index (χ3n) is 9.22. The van der Waals surface area contributed by atoms with E-state index in [4.69, 9.17) is 4.98 Å². The molecule has 2 N–H and O–H groups in total. The molecule has 0 unspecified atom stereocenters. The van der Waals surface area contributed by atoms with Crippen LogP contribution in [0.15, 0.2) is 54.6 Å². The van der Waals surface area contributed by atoms with E-state index in [0.29, 0.717) is 0 Å². The second-order valence-corrected chi connectivity index (χ2v) is 11.7. The predicted molar refractivity (Wildman–Crippen MR) is 150 cm³/mol. The fourth-order valence-corrected chi connectivity index (χ4v) is 6.78. The van der Waals surface area contributed by atoms with Crippen molar-refractivity contribution in [3.63, 3.8) is 0 Å². The van der Waals surface area contributed by atoms with Gasteiger partial charge in [-0.2, -0.15) is 0 Å². The Balaban J connectivity index is 1.14. The van der Waals surface area contributed by atoms with Crippen molar-refractivity contribution in [3.8, 4) is 11.1 Å². The number of rotatable bonds is 6. The minimum Gasteiger partial charge on any atom is -0.481 e. The second-order valence-electron chi connectivity index (χ2n) is 11.7. The van der Waals surface area contributed by atoms with Crippen molar-refractivity contribution < 1.29 is 14.7 Å². The summed E-state index contributed by atoms with van der Waals surface area (Å²) in [6.07, 6.45) is 6.90. The van der Waals surface area contributed by atoms with Crippen LogP contribution in [-0.2, 0) is 9.59 Å². The Morgan fingerprint density at radius 2 is 1.76 bits per heavy atom. The first-order valence-electron chi connectivity index (χ1n) is 14.2. The van der Waals surface area contributed by atoms with Crippen molar-refractivity contribution >= 4 is 28.6 Å². The molecule has 1 amide bonds. The van der Waals surface area contributed by atoms with Crippen LogP contribution in [0.25, 0.3) is 22.0 Å². The lowest BCUT2D eigenvalue weighted by Crippen LogP contribution is -2.46. The van der Waals surface area contributed by atoms with Crippen molar-refractivity contribution in [3.05, 3.63) is 60.2 Å². The van der Waals surface area contributed by atoms with Gasteiger partial charge in [0, 0.05) is 36.0 Å². The molecule has 6 rings (SSSR count). The molecule has 2 saturated carbocycles. The van der Waals surface area contributed by atoms with Crippen LogP contribution in [0.1, 0.15) is 56.9 Å². The standard InChI is InChI=1S/C32H37N3O3/c1-21-10-11-28-24(18-21)19-27(22-6-3-2-4-7-22)29(34-28)35-16-12-23(13-17-35)30(36)33-26-9-5-8-25(20-26)32(14-15-32)31(37)38/h2-4,6-7,10-11,18-19,23,25-26H,5,8-9,12-17,20H2,1H3,(H,33,36)(H,37,38)/t25-,26-/m0/s1. The van der Waals surface area contributed by atoms with Gasteiger partial charge >= 0.3 is 5.97 Å². The van der Waals surface area contributed by atoms with Crippen molar-refractivity contribution in [2.45, 2.75) is 64.3 Å². The van der Waals surface area contributed by atoms with Gasteiger partial charge in [0.25, 0.3) is 0 Å². The summed E-state index contributed by atoms with van der Waals surface area (Å²) in [5.41, 5.74) is 3.98. The molecule has 38 heavy (non-hydrogen) atoms. The number of aliphatic carboxylic acids is 1. The fraction of sp³-hybridized carbons (Fsp3) is 0.469. The van der Waals surface area contributed by atoms with Crippen LogP contribution >= 0.6 is 0 Å². The number of carbonyl (C=O) groups excluding carboxylic acids is 1. The second kappa shape index (κ2) is 10.0. The molecule has 1 aliphatic heterocycles. The molecule has 0 bridgehead atoms. The van der Waals surface area contributed by atoms with Crippen LogP contribution in [0, 0.1) is 24.2 Å². The molecule has 6 nitrogen and oxygen atoms in total. The normalized spacial score (nSPS) is 23.2. The number of amides is 1. The quantitative estimate of drug-likeness (QED) is 0.426. The van der Waals surface area contributed by atoms with Gasteiger partial charge in [0.15, 0.2) is 0 Å². The number of pyridine rings is 1. The molecule has 6 heteroatoms. The molecule has 0 spiro atoms. The van der Waals surface area contributed by atoms with Gasteiger partial charge in [0.1, 0.15) is 5.82 Å². The zero-order valence-corrected chi connectivity index (χ0v) is 22.2. The summed E-state index contributed by atoms with van der Waals surface area (Å²) in [4.78, 5) is 32.5. The largest absolute Gasteiger partial charge is 0.481 e. The zero-order chi connectivity index (χ0) is 26.3. The van der Waals surface area contributed by atoms with Gasteiger partial charge in [-0.3, -0.25) is 9.59 Å². The van der Waals surface area contributed by atoms with E-state index in [1.807, 2.05) is 6.07 Å². The third-order valence-corrected chi connectivity index (χ3v) is 9.22. The molecule has 1 saturated heterocycles. The number of hydrogen-bond acceptors (Lipinski definition) is 4. The Labute approximate surface area is 224 Å². The Hall–Kier alpha value is -3.41. The average molecular weight is 512 g/mol. The van der Waals surface area contributed by atoms with E-state index in [2.05, 4.69) is 65.7 Å². The lowest BCUT2D eigenvalue weighted by atomic mass is 9.75. The number of carboxylic acid groups (broad SMARTS) is 1. The van der Waals surface area contributed by atoms with E-state index in [0.717, 1.165) is 92.3 Å². The Morgan fingerprint density at radius 1 is 1.00 bits per heavy atom. The number of nitrogens with zero attached hydrogens (tertiary/aromatic N) is 2. The van der Waals surface area contributed by atoms with Crippen molar-refractivity contribution in [1.82, 2.24) is 10.3 Å². The number of nitrogens with one attached hydrogen (secondary N) is 1. The SMILES string of the molecule is Cc1ccc2nc(N3CCC(C(=O)N[C@H]4CCC[C@H](C5(C(=O)O)CC5)C4)CC3)c(-c3ccccc3)cc2c1. The van der Waals surface area contributed by atoms with Crippen LogP contribution in [0.2, 0.25) is 0 Å². The lowest BCUT2D eigenvalue weighted by molar-refractivity contribution is -0.146. The molecule has 2 aromatic carbocycles. The number of anilines is 1. The molecule has 3 fully saturated rings. The Bertz CT molecular complexity index is 1340. The first kappa shape index (κ1) is 24.9. The smallest absolute Gasteiger partial charge is 0.309 e. The minimum absolute atomic E-state index is 0.00994. The summed E-state index contributed by atoms with van der Waals surface area (Å²) in [7, 11) is 0. The highest BCUT2D eigenvalue weighted by molar-refractivity contribution is 5.90. The number of aryl methyl sites for hydroxylation is 1. The average Bonchev–Trinajstić information content (AvgIpc) is 3.76. The molecule has 198 valence electrons. The Morgan fingerprint density at radius 3 is 2.47 bits per heavy atom. The van der Waals surface area contributed by atoms with Crippen LogP contribution in [-0.4, -0.2) is 41.1 Å². The summed E-state index contributed by atoms with van der Waals surface area (Å²) in [6.45, 7) is 3.68. The van der Waals surface area contributed by atoms with E-state index in [9.17, 15) is 14.7 Å². The van der Waals surface area contributed by atoms with Gasteiger partial charge in [0.2, 0.25) is 5.91 Å². The lowest BCUT2D eigenvalue weighted by Gasteiger charge is -2.36. The van der Waals surface area contributed by atoms with Gasteiger partial charge in [-0.25, -0.2) is 4.98 Å². The number of carbonyl (C=O) groups is 2. The summed E-state index contributed by atoms with van der Waals surface area (Å²) in [6, 6.07) is 19.2. The van der Waals surface area contributed by atoms with Crippen molar-refractivity contribution in [2.75, 3.05) is 18.0 Å². The summed E-state index contributed by atoms with van der Waals surface area (Å²) in [5.74, 6) is 0.670. The summed E-state index contributed by atoms with van der Waals surface area (Å²) >= 11 is 0. The molecular formula is C32H37N3O3. The van der Waals surface area contributed by atoms with Crippen LogP contribution in [0.5, 0.6) is 0 Å². The predicted octanol–water partition coefficient (Wildman–Crippen LogP) is 5.97. The van der Waals surface area contributed by atoms with Crippen LogP contribution < -0.4 is 10.2 Å². The molecule has 0 radical (unpaired) electrons. The molecule has 3 aliphatic rings. The van der Waals surface area contributed by atoms with Gasteiger partial charge in [-0.15, -0.1) is 0 Å². The van der Waals surface area contributed by atoms with Gasteiger partial charge in [-0.1, -0.05) is 48.4 Å². The monoisotopic (exact) mass is 511 g/mol. The summed E-state index contributed by atoms with van der Waals surface area (Å²) < 4.78 is 0. The van der Waals surface area contributed by atoms with E-state index < -0.39 is 11.4 Å². The van der Waals surface area contributed by atoms with Gasteiger partial charge in [-0.05, 0) is 81.5 Å². The van der Waals surface area contributed by atoms with E-state index >= 15 is 0 Å². The van der Waals surface area contributed by atoms with E-state index in [-0.39, 0.29) is 23.8 Å². The number of benzene rings is 2. The molecule has 2 atom stereocenters. The highest BCUT2D eigenvalue weighted by atomic mass is 16.4. The maximum Gasteiger partial charge on any atom is 0.309 e. The van der Waals surface area contributed by atoms with Crippen molar-refractivity contribution in [2.24, 2.45) is 17.3 Å². The maximum absolute atomic E-state index is 13.2. The Kier molecular flexibility index (Phi) is 6.58. The molecule has 1 aromatic heterocycles. The number of carboxylic acids is 1. The third kappa shape index (κ3) is 4.77. The van der Waals surface area contributed by atoms with Gasteiger partial charge < -0.3 is 15.3 Å². The number of hydrogen-bond donors (Lipinski definition) is 2. The topological polar surface area (TPSA) is 82.5 Å². The maximum atomic E-state index is 13.2. The van der Waals surface area contributed by atoms with Crippen LogP contribution in [0.3, 0.4) is 0 Å². The van der Waals surface area contributed by atoms with E-state index in [1.165, 1.54) is 5.56 Å². The number of piperidine rings is 1. The summed E-state index contributed by atoms with van der Waals surface area (Å²) in [5, 5.41) is 14.2. The fourth-order valence-electron chi connectivity index (χ4n) is 6.78. The molecular weight excluding hydrogens is 474 g/mol. The highest BCUT2D eigenvalue weighted by Gasteiger charge is 2.56. The minimum atomic E-state index is -0.644. The number of fused-ring (bicyclic) bond motifs is 1. The first-order chi connectivity index (χ1) is 18.4. The number of aromatic nitrogens is 1.